The van der Waals surface area contributed by atoms with E-state index < -0.39 is 27.7 Å². The van der Waals surface area contributed by atoms with Crippen LogP contribution < -0.4 is 15.2 Å². The van der Waals surface area contributed by atoms with Crippen molar-refractivity contribution in [3.8, 4) is 0 Å². The van der Waals surface area contributed by atoms with Crippen LogP contribution in [0.25, 0.3) is 0 Å². The molecule has 2 heterocycles. The van der Waals surface area contributed by atoms with Crippen molar-refractivity contribution >= 4 is 56.2 Å². The van der Waals surface area contributed by atoms with Gasteiger partial charge in [-0.15, -0.1) is 11.3 Å². The minimum Gasteiger partial charge on any atom is -0.465 e. The Morgan fingerprint density at radius 1 is 1.24 bits per heavy atom. The van der Waals surface area contributed by atoms with E-state index >= 15 is 0 Å². The number of aryl methyl sites for hydroxylation is 1. The molecule has 12 heteroatoms. The molecule has 1 aromatic heterocycles. The Bertz CT molecular complexity index is 1370. The second kappa shape index (κ2) is 8.75. The lowest BCUT2D eigenvalue weighted by Crippen LogP contribution is -2.38. The molecule has 0 radical (unpaired) electrons. The summed E-state index contributed by atoms with van der Waals surface area (Å²) in [5.74, 6) is -2.17. The van der Waals surface area contributed by atoms with Crippen LogP contribution in [0.5, 0.6) is 0 Å². The number of anilines is 2. The number of nitrogens with zero attached hydrogens (tertiary/aromatic N) is 1. The number of hydrazine groups is 1. The first-order valence-corrected chi connectivity index (χ1v) is 12.1. The van der Waals surface area contributed by atoms with Crippen LogP contribution in [-0.4, -0.2) is 27.4 Å². The molecule has 0 saturated carbocycles. The first kappa shape index (κ1) is 23.2. The van der Waals surface area contributed by atoms with E-state index in [2.05, 4.69) is 15.5 Å². The summed E-state index contributed by atoms with van der Waals surface area (Å²) in [5.41, 5.74) is 4.11. The predicted octanol–water partition coefficient (Wildman–Crippen LogP) is 4.10. The van der Waals surface area contributed by atoms with E-state index in [1.54, 1.807) is 19.1 Å². The molecule has 2 N–H and O–H groups in total. The zero-order valence-electron chi connectivity index (χ0n) is 17.3. The first-order valence-electron chi connectivity index (χ1n) is 9.49. The van der Waals surface area contributed by atoms with Crippen molar-refractivity contribution in [3.63, 3.8) is 0 Å². The molecule has 8 nitrogen and oxygen atoms in total. The summed E-state index contributed by atoms with van der Waals surface area (Å²) in [5, 5.41) is 2.50. The van der Waals surface area contributed by atoms with Crippen molar-refractivity contribution in [2.75, 3.05) is 16.8 Å². The SMILES string of the molecule is COC(=O)c1cc(C)c(S(=O)(=O)N2NCc3ccc(NC(=O)c4c(F)cccc4Cl)cc32)s1. The first-order chi connectivity index (χ1) is 15.6. The Balaban J connectivity index is 1.66. The molecule has 0 unspecified atom stereocenters. The summed E-state index contributed by atoms with van der Waals surface area (Å²) in [4.78, 5) is 24.6. The molecule has 1 aliphatic heterocycles. The van der Waals surface area contributed by atoms with Crippen LogP contribution in [0.3, 0.4) is 0 Å². The molecule has 172 valence electrons. The van der Waals surface area contributed by atoms with Gasteiger partial charge in [0.05, 0.1) is 23.4 Å². The molecular weight excluding hydrogens is 493 g/mol. The van der Waals surface area contributed by atoms with Gasteiger partial charge in [-0.05, 0) is 48.4 Å². The van der Waals surface area contributed by atoms with Gasteiger partial charge in [0.2, 0.25) is 0 Å². The normalized spacial score (nSPS) is 13.0. The summed E-state index contributed by atoms with van der Waals surface area (Å²) >= 11 is 6.76. The monoisotopic (exact) mass is 509 g/mol. The van der Waals surface area contributed by atoms with E-state index in [4.69, 9.17) is 11.6 Å². The number of fused-ring (bicyclic) bond motifs is 1. The number of methoxy groups -OCH3 is 1. The van der Waals surface area contributed by atoms with Gasteiger partial charge in [0.1, 0.15) is 14.9 Å². The predicted molar refractivity (Wildman–Crippen MR) is 123 cm³/mol. The number of amides is 1. The number of hydrogen-bond donors (Lipinski definition) is 2. The maximum Gasteiger partial charge on any atom is 0.348 e. The topological polar surface area (TPSA) is 105 Å². The quantitative estimate of drug-likeness (QED) is 0.502. The third-order valence-corrected chi connectivity index (χ3v) is 8.70. The van der Waals surface area contributed by atoms with Gasteiger partial charge in [-0.25, -0.2) is 14.6 Å². The summed E-state index contributed by atoms with van der Waals surface area (Å²) in [6.45, 7) is 1.82. The third-order valence-electron chi connectivity index (χ3n) is 4.90. The van der Waals surface area contributed by atoms with Crippen molar-refractivity contribution in [2.45, 2.75) is 17.7 Å². The largest absolute Gasteiger partial charge is 0.465 e. The maximum absolute atomic E-state index is 14.1. The summed E-state index contributed by atoms with van der Waals surface area (Å²) < 4.78 is 46.4. The van der Waals surface area contributed by atoms with Crippen molar-refractivity contribution < 1.29 is 27.1 Å². The number of hydrogen-bond acceptors (Lipinski definition) is 7. The summed E-state index contributed by atoms with van der Waals surface area (Å²) in [6, 6.07) is 10.0. The van der Waals surface area contributed by atoms with Crippen molar-refractivity contribution in [1.82, 2.24) is 5.43 Å². The zero-order valence-corrected chi connectivity index (χ0v) is 19.7. The molecule has 0 bridgehead atoms. The standard InChI is InChI=1S/C21H17ClFN3O5S2/c1-11-8-17(20(28)31-2)32-21(11)33(29,30)26-16-9-13(7-6-12(16)10-24-26)25-19(27)18-14(22)4-3-5-15(18)23/h3-9,24H,10H2,1-2H3,(H,25,27). The fraction of sp³-hybridized carbons (Fsp3) is 0.143. The molecule has 0 fully saturated rings. The van der Waals surface area contributed by atoms with Gasteiger partial charge < -0.3 is 10.1 Å². The lowest BCUT2D eigenvalue weighted by molar-refractivity contribution is 0.0606. The van der Waals surface area contributed by atoms with Gasteiger partial charge in [-0.2, -0.15) is 12.8 Å². The van der Waals surface area contributed by atoms with Gasteiger partial charge >= 0.3 is 5.97 Å². The lowest BCUT2D eigenvalue weighted by atomic mass is 10.1. The van der Waals surface area contributed by atoms with Crippen LogP contribution in [0, 0.1) is 12.7 Å². The number of carbonyl (C=O) groups excluding carboxylic acids is 2. The number of benzene rings is 2. The van der Waals surface area contributed by atoms with Crippen molar-refractivity contribution in [3.05, 3.63) is 74.9 Å². The van der Waals surface area contributed by atoms with Crippen LogP contribution in [0.1, 0.15) is 31.2 Å². The van der Waals surface area contributed by atoms with E-state index in [-0.39, 0.29) is 31.9 Å². The lowest BCUT2D eigenvalue weighted by Gasteiger charge is -2.19. The van der Waals surface area contributed by atoms with Gasteiger partial charge in [0, 0.05) is 12.2 Å². The second-order valence-corrected chi connectivity index (χ2v) is 10.5. The Labute approximate surface area is 198 Å². The van der Waals surface area contributed by atoms with E-state index in [1.807, 2.05) is 0 Å². The molecule has 33 heavy (non-hydrogen) atoms. The summed E-state index contributed by atoms with van der Waals surface area (Å²) in [7, 11) is -2.86. The average molecular weight is 510 g/mol. The molecule has 2 aromatic carbocycles. The Morgan fingerprint density at radius 3 is 2.70 bits per heavy atom. The van der Waals surface area contributed by atoms with Gasteiger partial charge in [-0.1, -0.05) is 23.7 Å². The van der Waals surface area contributed by atoms with Crippen molar-refractivity contribution in [2.24, 2.45) is 0 Å². The Morgan fingerprint density at radius 2 is 2.00 bits per heavy atom. The second-order valence-electron chi connectivity index (χ2n) is 7.07. The molecule has 0 aliphatic carbocycles. The molecule has 3 aromatic rings. The number of ether oxygens (including phenoxy) is 1. The van der Waals surface area contributed by atoms with E-state index in [9.17, 15) is 22.4 Å². The van der Waals surface area contributed by atoms with E-state index in [0.29, 0.717) is 16.8 Å². The van der Waals surface area contributed by atoms with Gasteiger partial charge in [0.15, 0.2) is 0 Å². The maximum atomic E-state index is 14.1. The zero-order chi connectivity index (χ0) is 23.9. The fourth-order valence-corrected chi connectivity index (χ4v) is 6.63. The summed E-state index contributed by atoms with van der Waals surface area (Å²) in [6.07, 6.45) is 0. The highest BCUT2D eigenvalue weighted by atomic mass is 35.5. The molecular formula is C21H17ClFN3O5S2. The van der Waals surface area contributed by atoms with Crippen LogP contribution in [-0.2, 0) is 21.3 Å². The fourth-order valence-electron chi connectivity index (χ4n) is 3.35. The van der Waals surface area contributed by atoms with Crippen molar-refractivity contribution in [1.29, 1.82) is 0 Å². The van der Waals surface area contributed by atoms with Gasteiger partial charge in [-0.3, -0.25) is 4.79 Å². The third kappa shape index (κ3) is 4.20. The number of sulfonamides is 1. The molecule has 1 amide bonds. The van der Waals surface area contributed by atoms with E-state index in [0.717, 1.165) is 21.8 Å². The molecule has 0 atom stereocenters. The Hall–Kier alpha value is -2.99. The number of nitrogens with one attached hydrogen (secondary N) is 2. The van der Waals surface area contributed by atoms with E-state index in [1.165, 1.54) is 31.4 Å². The minimum absolute atomic E-state index is 0.0178. The number of thiophene rings is 1. The van der Waals surface area contributed by atoms with Gasteiger partial charge in [0.25, 0.3) is 15.9 Å². The molecule has 1 aliphatic rings. The smallest absolute Gasteiger partial charge is 0.348 e. The highest BCUT2D eigenvalue weighted by molar-refractivity contribution is 7.94. The number of rotatable bonds is 5. The van der Waals surface area contributed by atoms with Crippen LogP contribution >= 0.6 is 22.9 Å². The van der Waals surface area contributed by atoms with Crippen LogP contribution in [0.4, 0.5) is 15.8 Å². The molecule has 4 rings (SSSR count). The van der Waals surface area contributed by atoms with Crippen LogP contribution in [0.15, 0.2) is 46.7 Å². The average Bonchev–Trinajstić information content (AvgIpc) is 3.37. The molecule has 0 saturated heterocycles. The minimum atomic E-state index is -4.08. The highest BCUT2D eigenvalue weighted by Gasteiger charge is 2.34. The molecule has 0 spiro atoms. The Kier molecular flexibility index (Phi) is 6.14. The number of halogens is 2. The number of esters is 1. The number of carbonyl (C=O) groups is 2. The van der Waals surface area contributed by atoms with Crippen LogP contribution in [0.2, 0.25) is 5.02 Å². The highest BCUT2D eigenvalue weighted by Crippen LogP contribution is 2.36.